The van der Waals surface area contributed by atoms with Crippen LogP contribution in [0.2, 0.25) is 0 Å². The van der Waals surface area contributed by atoms with Crippen LogP contribution in [0, 0.1) is 0 Å². The summed E-state index contributed by atoms with van der Waals surface area (Å²) in [4.78, 5) is 4.43. The molecule has 4 N–H and O–H groups in total. The number of aliphatic imine (C=N–C) groups is 1. The Hall–Kier alpha value is -2.72. The zero-order valence-electron chi connectivity index (χ0n) is 15.2. The van der Waals surface area contributed by atoms with Gasteiger partial charge in [-0.05, 0) is 30.7 Å². The summed E-state index contributed by atoms with van der Waals surface area (Å²) in [6.45, 7) is 0.120. The molecule has 0 saturated carbocycles. The number of benzene rings is 2. The van der Waals surface area contributed by atoms with Crippen molar-refractivity contribution in [3.63, 3.8) is 0 Å². The van der Waals surface area contributed by atoms with Gasteiger partial charge in [-0.25, -0.2) is 18.5 Å². The van der Waals surface area contributed by atoms with Gasteiger partial charge in [0.1, 0.15) is 5.75 Å². The van der Waals surface area contributed by atoms with Crippen molar-refractivity contribution in [2.75, 3.05) is 6.54 Å². The quantitative estimate of drug-likeness (QED) is 0.455. The van der Waals surface area contributed by atoms with E-state index in [0.717, 1.165) is 5.56 Å². The third kappa shape index (κ3) is 6.78. The van der Waals surface area contributed by atoms with E-state index in [4.69, 9.17) is 5.14 Å². The largest absolute Gasteiger partial charge is 0.434 e. The summed E-state index contributed by atoms with van der Waals surface area (Å²) in [5.74, 6) is 0.573. The van der Waals surface area contributed by atoms with Gasteiger partial charge in [-0.15, -0.1) is 0 Å². The van der Waals surface area contributed by atoms with Gasteiger partial charge in [0.15, 0.2) is 5.96 Å². The van der Waals surface area contributed by atoms with Crippen molar-refractivity contribution in [1.29, 1.82) is 0 Å². The minimum Gasteiger partial charge on any atom is -0.434 e. The van der Waals surface area contributed by atoms with Crippen LogP contribution in [0.25, 0.3) is 0 Å². The van der Waals surface area contributed by atoms with Crippen LogP contribution in [0.4, 0.5) is 8.78 Å². The highest BCUT2D eigenvalue weighted by Gasteiger charge is 2.10. The Morgan fingerprint density at radius 1 is 1.14 bits per heavy atom. The van der Waals surface area contributed by atoms with Crippen LogP contribution >= 0.6 is 0 Å². The molecule has 0 spiro atoms. The Balaban J connectivity index is 2.05. The number of para-hydroxylation sites is 1. The first-order valence-electron chi connectivity index (χ1n) is 8.46. The fourth-order valence-corrected chi connectivity index (χ4v) is 2.85. The maximum Gasteiger partial charge on any atom is 0.387 e. The zero-order valence-corrected chi connectivity index (χ0v) is 16.0. The molecule has 0 amide bonds. The first-order valence-corrected chi connectivity index (χ1v) is 10.0. The molecular formula is C18H22F2N4O3S. The van der Waals surface area contributed by atoms with Gasteiger partial charge in [-0.1, -0.05) is 30.3 Å². The van der Waals surface area contributed by atoms with Crippen LogP contribution in [0.3, 0.4) is 0 Å². The lowest BCUT2D eigenvalue weighted by Crippen LogP contribution is -2.36. The van der Waals surface area contributed by atoms with Crippen LogP contribution in [0.1, 0.15) is 18.1 Å². The molecule has 2 aromatic rings. The number of nitrogens with zero attached hydrogens (tertiary/aromatic N) is 1. The number of halogens is 2. The normalized spacial score (nSPS) is 12.1. The second-order valence-electron chi connectivity index (χ2n) is 5.72. The molecular weight excluding hydrogens is 390 g/mol. The molecule has 152 valence electrons. The summed E-state index contributed by atoms with van der Waals surface area (Å²) in [6.07, 6.45) is 0. The minimum absolute atomic E-state index is 0.0286. The van der Waals surface area contributed by atoms with E-state index < -0.39 is 16.6 Å². The van der Waals surface area contributed by atoms with E-state index in [9.17, 15) is 17.2 Å². The zero-order chi connectivity index (χ0) is 20.6. The van der Waals surface area contributed by atoms with Gasteiger partial charge in [0.05, 0.1) is 11.4 Å². The van der Waals surface area contributed by atoms with E-state index in [2.05, 4.69) is 20.4 Å². The molecule has 2 rings (SSSR count). The molecule has 0 bridgehead atoms. The van der Waals surface area contributed by atoms with Crippen molar-refractivity contribution in [2.24, 2.45) is 10.1 Å². The Kier molecular flexibility index (Phi) is 7.70. The summed E-state index contributed by atoms with van der Waals surface area (Å²) in [6, 6.07) is 12.6. The van der Waals surface area contributed by atoms with E-state index in [1.165, 1.54) is 18.2 Å². The molecule has 2 aromatic carbocycles. The van der Waals surface area contributed by atoms with Crippen LogP contribution in [0.5, 0.6) is 5.75 Å². The molecule has 0 aromatic heterocycles. The number of guanidine groups is 1. The van der Waals surface area contributed by atoms with Gasteiger partial charge in [0, 0.05) is 18.7 Å². The number of rotatable bonds is 8. The van der Waals surface area contributed by atoms with E-state index in [1.54, 1.807) is 30.3 Å². The second kappa shape index (κ2) is 10.00. The molecule has 10 heteroatoms. The summed E-state index contributed by atoms with van der Waals surface area (Å²) in [7, 11) is -3.74. The Morgan fingerprint density at radius 2 is 1.82 bits per heavy atom. The second-order valence-corrected chi connectivity index (χ2v) is 7.29. The first-order chi connectivity index (χ1) is 13.3. The van der Waals surface area contributed by atoms with Gasteiger partial charge in [-0.3, -0.25) is 0 Å². The fraction of sp³-hybridized carbons (Fsp3) is 0.278. The summed E-state index contributed by atoms with van der Waals surface area (Å²) < 4.78 is 52.1. The predicted octanol–water partition coefficient (Wildman–Crippen LogP) is 2.19. The molecule has 0 heterocycles. The summed E-state index contributed by atoms with van der Waals surface area (Å²) in [5, 5.41) is 11.2. The van der Waals surface area contributed by atoms with Gasteiger partial charge in [0.2, 0.25) is 10.0 Å². The predicted molar refractivity (Wildman–Crippen MR) is 103 cm³/mol. The minimum atomic E-state index is -3.74. The van der Waals surface area contributed by atoms with Gasteiger partial charge in [0.25, 0.3) is 0 Å². The maximum atomic E-state index is 12.5. The van der Waals surface area contributed by atoms with Crippen LogP contribution in [0.15, 0.2) is 58.4 Å². The average Bonchev–Trinajstić information content (AvgIpc) is 2.64. The third-order valence-corrected chi connectivity index (χ3v) is 4.58. The molecule has 0 atom stereocenters. The molecule has 7 nitrogen and oxygen atoms in total. The monoisotopic (exact) mass is 412 g/mol. The molecule has 0 fully saturated rings. The van der Waals surface area contributed by atoms with E-state index >= 15 is 0 Å². The number of sulfonamides is 1. The van der Waals surface area contributed by atoms with Crippen molar-refractivity contribution in [2.45, 2.75) is 31.5 Å². The summed E-state index contributed by atoms with van der Waals surface area (Å²) in [5.41, 5.74) is 1.34. The number of hydrogen-bond acceptors (Lipinski definition) is 4. The van der Waals surface area contributed by atoms with Gasteiger partial charge < -0.3 is 15.4 Å². The number of hydrogen-bond donors (Lipinski definition) is 3. The van der Waals surface area contributed by atoms with Crippen molar-refractivity contribution in [3.8, 4) is 5.75 Å². The van der Waals surface area contributed by atoms with Crippen molar-refractivity contribution >= 4 is 16.0 Å². The van der Waals surface area contributed by atoms with Crippen molar-refractivity contribution in [3.05, 3.63) is 59.7 Å². The number of primary sulfonamides is 1. The fourth-order valence-electron chi connectivity index (χ4n) is 2.34. The SMILES string of the molecule is CCNC(=NCc1ccc(S(N)(=O)=O)cc1)NCc1ccccc1OC(F)F. The number of nitrogens with two attached hydrogens (primary N) is 1. The molecule has 0 saturated heterocycles. The van der Waals surface area contributed by atoms with E-state index in [0.29, 0.717) is 18.1 Å². The molecule has 0 radical (unpaired) electrons. The highest BCUT2D eigenvalue weighted by molar-refractivity contribution is 7.89. The number of alkyl halides is 2. The molecule has 0 unspecified atom stereocenters. The molecule has 0 aliphatic carbocycles. The van der Waals surface area contributed by atoms with E-state index in [-0.39, 0.29) is 23.7 Å². The average molecular weight is 412 g/mol. The standard InChI is InChI=1S/C18H22F2N4O3S/c1-2-22-18(23-11-13-7-9-15(10-8-13)28(21,25)26)24-12-14-5-3-4-6-16(14)27-17(19)20/h3-10,17H,2,11-12H2,1H3,(H2,21,25,26)(H2,22,23,24). The first kappa shape index (κ1) is 21.6. The Bertz CT molecular complexity index is 903. The Morgan fingerprint density at radius 3 is 2.43 bits per heavy atom. The van der Waals surface area contributed by atoms with Gasteiger partial charge in [-0.2, -0.15) is 8.78 Å². The highest BCUT2D eigenvalue weighted by atomic mass is 32.2. The summed E-state index contributed by atoms with van der Waals surface area (Å²) >= 11 is 0. The van der Waals surface area contributed by atoms with Crippen LogP contribution in [-0.4, -0.2) is 27.5 Å². The van der Waals surface area contributed by atoms with E-state index in [1.807, 2.05) is 6.92 Å². The molecule has 0 aliphatic rings. The molecule has 0 aliphatic heterocycles. The smallest absolute Gasteiger partial charge is 0.387 e. The third-order valence-electron chi connectivity index (χ3n) is 3.65. The van der Waals surface area contributed by atoms with Crippen molar-refractivity contribution < 1.29 is 21.9 Å². The number of nitrogens with one attached hydrogen (secondary N) is 2. The maximum absolute atomic E-state index is 12.5. The van der Waals surface area contributed by atoms with Crippen LogP contribution < -0.4 is 20.5 Å². The topological polar surface area (TPSA) is 106 Å². The van der Waals surface area contributed by atoms with Gasteiger partial charge >= 0.3 is 6.61 Å². The van der Waals surface area contributed by atoms with Crippen LogP contribution in [-0.2, 0) is 23.1 Å². The lowest BCUT2D eigenvalue weighted by molar-refractivity contribution is -0.0504. The number of ether oxygens (including phenoxy) is 1. The highest BCUT2D eigenvalue weighted by Crippen LogP contribution is 2.19. The Labute approximate surface area is 162 Å². The lowest BCUT2D eigenvalue weighted by atomic mass is 10.2. The lowest BCUT2D eigenvalue weighted by Gasteiger charge is -2.14. The van der Waals surface area contributed by atoms with Crippen molar-refractivity contribution in [1.82, 2.24) is 10.6 Å². The molecule has 28 heavy (non-hydrogen) atoms.